The summed E-state index contributed by atoms with van der Waals surface area (Å²) in [5.41, 5.74) is 0.465. The second-order valence-electron chi connectivity index (χ2n) is 8.48. The lowest BCUT2D eigenvalue weighted by Crippen LogP contribution is -2.48. The highest BCUT2D eigenvalue weighted by Gasteiger charge is 2.31. The Labute approximate surface area is 185 Å². The van der Waals surface area contributed by atoms with Crippen molar-refractivity contribution in [3.05, 3.63) is 0 Å². The van der Waals surface area contributed by atoms with Crippen molar-refractivity contribution in [3.63, 3.8) is 0 Å². The van der Waals surface area contributed by atoms with Crippen molar-refractivity contribution in [2.24, 2.45) is 16.3 Å². The van der Waals surface area contributed by atoms with E-state index < -0.39 is 0 Å². The first kappa shape index (κ1) is 25.0. The van der Waals surface area contributed by atoms with Crippen LogP contribution in [0.25, 0.3) is 0 Å². The van der Waals surface area contributed by atoms with E-state index in [1.807, 2.05) is 0 Å². The molecule has 6 heteroatoms. The summed E-state index contributed by atoms with van der Waals surface area (Å²) in [5, 5.41) is 7.04. The number of rotatable bonds is 9. The number of hydrogen-bond acceptors (Lipinski definition) is 3. The normalized spacial score (nSPS) is 22.3. The van der Waals surface area contributed by atoms with Gasteiger partial charge in [0.2, 0.25) is 0 Å². The van der Waals surface area contributed by atoms with Gasteiger partial charge < -0.3 is 20.4 Å². The van der Waals surface area contributed by atoms with E-state index in [-0.39, 0.29) is 24.0 Å². The minimum atomic E-state index is 0. The van der Waals surface area contributed by atoms with E-state index in [0.29, 0.717) is 11.3 Å². The first-order valence-electron chi connectivity index (χ1n) is 11.1. The smallest absolute Gasteiger partial charge is 0.191 e. The molecular formula is C21H44IN5. The molecule has 0 aromatic rings. The van der Waals surface area contributed by atoms with E-state index in [9.17, 15) is 0 Å². The minimum absolute atomic E-state index is 0. The topological polar surface area (TPSA) is 42.9 Å². The van der Waals surface area contributed by atoms with Gasteiger partial charge in [0.25, 0.3) is 0 Å². The first-order valence-corrected chi connectivity index (χ1v) is 11.1. The summed E-state index contributed by atoms with van der Waals surface area (Å²) >= 11 is 0. The number of likely N-dealkylation sites (N-methyl/N-ethyl adjacent to an activating group) is 1. The third-order valence-electron chi connectivity index (χ3n) is 6.43. The molecule has 2 rings (SSSR count). The van der Waals surface area contributed by atoms with Crippen molar-refractivity contribution in [1.82, 2.24) is 20.4 Å². The molecule has 0 aromatic carbocycles. The van der Waals surface area contributed by atoms with Gasteiger partial charge in [-0.25, -0.2) is 0 Å². The Morgan fingerprint density at radius 2 is 1.63 bits per heavy atom. The maximum Gasteiger partial charge on any atom is 0.191 e. The molecule has 1 unspecified atom stereocenters. The first-order chi connectivity index (χ1) is 12.6. The lowest BCUT2D eigenvalue weighted by atomic mass is 9.84. The van der Waals surface area contributed by atoms with Crippen molar-refractivity contribution in [2.45, 2.75) is 59.8 Å². The second kappa shape index (κ2) is 13.2. The average molecular weight is 494 g/mol. The Morgan fingerprint density at radius 1 is 1.00 bits per heavy atom. The number of piperazine rings is 1. The van der Waals surface area contributed by atoms with Crippen molar-refractivity contribution in [3.8, 4) is 0 Å². The van der Waals surface area contributed by atoms with Gasteiger partial charge in [0.15, 0.2) is 5.96 Å². The predicted octanol–water partition coefficient (Wildman–Crippen LogP) is 3.40. The highest BCUT2D eigenvalue weighted by atomic mass is 127. The summed E-state index contributed by atoms with van der Waals surface area (Å²) in [7, 11) is 0. The number of guanidine groups is 1. The summed E-state index contributed by atoms with van der Waals surface area (Å²) in [6.45, 7) is 19.3. The van der Waals surface area contributed by atoms with Crippen LogP contribution in [0.2, 0.25) is 0 Å². The summed E-state index contributed by atoms with van der Waals surface area (Å²) in [6.07, 6.45) is 6.74. The Morgan fingerprint density at radius 3 is 2.19 bits per heavy atom. The zero-order valence-corrected chi connectivity index (χ0v) is 20.6. The van der Waals surface area contributed by atoms with Crippen molar-refractivity contribution >= 4 is 29.9 Å². The van der Waals surface area contributed by atoms with Crippen LogP contribution in [0.1, 0.15) is 59.8 Å². The summed E-state index contributed by atoms with van der Waals surface area (Å²) < 4.78 is 0. The maximum absolute atomic E-state index is 4.95. The van der Waals surface area contributed by atoms with E-state index in [4.69, 9.17) is 4.99 Å². The molecule has 1 heterocycles. The predicted molar refractivity (Wildman–Crippen MR) is 128 cm³/mol. The van der Waals surface area contributed by atoms with Crippen LogP contribution in [0, 0.1) is 11.3 Å². The van der Waals surface area contributed by atoms with E-state index in [1.165, 1.54) is 71.4 Å². The highest BCUT2D eigenvalue weighted by Crippen LogP contribution is 2.41. The molecule has 1 saturated heterocycles. The molecule has 2 aliphatic rings. The van der Waals surface area contributed by atoms with Crippen LogP contribution in [0.5, 0.6) is 0 Å². The lowest BCUT2D eigenvalue weighted by Gasteiger charge is -2.35. The van der Waals surface area contributed by atoms with Crippen molar-refractivity contribution in [1.29, 1.82) is 0 Å². The second-order valence-corrected chi connectivity index (χ2v) is 8.48. The van der Waals surface area contributed by atoms with E-state index in [0.717, 1.165) is 25.6 Å². The molecule has 0 spiro atoms. The van der Waals surface area contributed by atoms with E-state index in [1.54, 1.807) is 0 Å². The molecule has 0 bridgehead atoms. The van der Waals surface area contributed by atoms with Gasteiger partial charge in [-0.15, -0.1) is 24.0 Å². The molecule has 2 fully saturated rings. The highest BCUT2D eigenvalue weighted by molar-refractivity contribution is 14.0. The number of aliphatic imine (C=N–C) groups is 1. The molecule has 0 radical (unpaired) electrons. The fourth-order valence-electron chi connectivity index (χ4n) is 4.40. The minimum Gasteiger partial charge on any atom is -0.357 e. The Kier molecular flexibility index (Phi) is 12.2. The largest absolute Gasteiger partial charge is 0.357 e. The van der Waals surface area contributed by atoms with Gasteiger partial charge in [0.05, 0.1) is 0 Å². The van der Waals surface area contributed by atoms with Gasteiger partial charge in [-0.05, 0) is 44.1 Å². The summed E-state index contributed by atoms with van der Waals surface area (Å²) in [5.74, 6) is 1.65. The van der Waals surface area contributed by atoms with Crippen LogP contribution >= 0.6 is 24.0 Å². The molecule has 2 N–H and O–H groups in total. The fraction of sp³-hybridized carbons (Fsp3) is 0.952. The standard InChI is InChI=1S/C21H43N5.HI/c1-5-21(10-8-9-11-21)18-24-20(22-6-2)23-16-19(4)17-26-14-12-25(7-3)13-15-26;/h19H,5-18H2,1-4H3,(H2,22,23,24);1H. The molecular weight excluding hydrogens is 449 g/mol. The van der Waals surface area contributed by atoms with Crippen molar-refractivity contribution < 1.29 is 0 Å². The lowest BCUT2D eigenvalue weighted by molar-refractivity contribution is 0.124. The van der Waals surface area contributed by atoms with Gasteiger partial charge in [-0.1, -0.05) is 33.6 Å². The number of nitrogens with one attached hydrogen (secondary N) is 2. The van der Waals surface area contributed by atoms with Crippen molar-refractivity contribution in [2.75, 3.05) is 58.9 Å². The maximum atomic E-state index is 4.95. The molecule has 160 valence electrons. The van der Waals surface area contributed by atoms with Gasteiger partial charge in [0, 0.05) is 52.4 Å². The van der Waals surface area contributed by atoms with Crippen LogP contribution in [0.3, 0.4) is 0 Å². The zero-order valence-electron chi connectivity index (χ0n) is 18.2. The third-order valence-corrected chi connectivity index (χ3v) is 6.43. The quantitative estimate of drug-likeness (QED) is 0.294. The van der Waals surface area contributed by atoms with Crippen LogP contribution in [0.15, 0.2) is 4.99 Å². The van der Waals surface area contributed by atoms with Crippen LogP contribution in [0.4, 0.5) is 0 Å². The molecule has 0 amide bonds. The Bertz CT molecular complexity index is 415. The van der Waals surface area contributed by atoms with E-state index in [2.05, 4.69) is 48.1 Å². The number of nitrogens with zero attached hydrogens (tertiary/aromatic N) is 3. The molecule has 27 heavy (non-hydrogen) atoms. The monoisotopic (exact) mass is 493 g/mol. The van der Waals surface area contributed by atoms with Gasteiger partial charge in [-0.2, -0.15) is 0 Å². The molecule has 0 aromatic heterocycles. The SMILES string of the molecule is CCNC(=NCC1(CC)CCCC1)NCC(C)CN1CCN(CC)CC1.I. The summed E-state index contributed by atoms with van der Waals surface area (Å²) in [6, 6.07) is 0. The van der Waals surface area contributed by atoms with Crippen LogP contribution in [-0.4, -0.2) is 74.7 Å². The van der Waals surface area contributed by atoms with E-state index >= 15 is 0 Å². The third kappa shape index (κ3) is 8.44. The number of hydrogen-bond donors (Lipinski definition) is 2. The fourth-order valence-corrected chi connectivity index (χ4v) is 4.40. The molecule has 5 nitrogen and oxygen atoms in total. The summed E-state index contributed by atoms with van der Waals surface area (Å²) in [4.78, 5) is 10.1. The molecule has 1 saturated carbocycles. The Balaban J connectivity index is 0.00000364. The Hall–Kier alpha value is -0.0800. The van der Waals surface area contributed by atoms with Gasteiger partial charge in [0.1, 0.15) is 0 Å². The molecule has 1 aliphatic heterocycles. The van der Waals surface area contributed by atoms with Gasteiger partial charge >= 0.3 is 0 Å². The number of halogens is 1. The van der Waals surface area contributed by atoms with Crippen LogP contribution in [-0.2, 0) is 0 Å². The average Bonchev–Trinajstić information content (AvgIpc) is 3.14. The molecule has 1 atom stereocenters. The zero-order chi connectivity index (χ0) is 18.8. The van der Waals surface area contributed by atoms with Gasteiger partial charge in [-0.3, -0.25) is 4.99 Å². The molecule has 1 aliphatic carbocycles. The van der Waals surface area contributed by atoms with Crippen LogP contribution < -0.4 is 10.6 Å².